The fourth-order valence-corrected chi connectivity index (χ4v) is 5.00. The van der Waals surface area contributed by atoms with Crippen LogP contribution in [0, 0.1) is 5.41 Å². The molecule has 2 aliphatic carbocycles. The van der Waals surface area contributed by atoms with Gasteiger partial charge >= 0.3 is 0 Å². The molecule has 2 aliphatic rings. The van der Waals surface area contributed by atoms with Gasteiger partial charge in [-0.25, -0.2) is 8.42 Å². The summed E-state index contributed by atoms with van der Waals surface area (Å²) in [6.07, 6.45) is 11.6. The van der Waals surface area contributed by atoms with E-state index in [9.17, 15) is 8.42 Å². The highest BCUT2D eigenvalue weighted by molar-refractivity contribution is 7.90. The molecule has 0 heterocycles. The van der Waals surface area contributed by atoms with Gasteiger partial charge < -0.3 is 11.1 Å². The Morgan fingerprint density at radius 2 is 1.89 bits per heavy atom. The number of nitrogen functional groups attached to an aromatic ring is 1. The summed E-state index contributed by atoms with van der Waals surface area (Å²) in [7, 11) is -2.89. The van der Waals surface area contributed by atoms with Gasteiger partial charge in [0.25, 0.3) is 0 Å². The first-order valence-corrected chi connectivity index (χ1v) is 12.7. The fourth-order valence-electron chi connectivity index (χ4n) is 4.51. The number of allylic oxidation sites excluding steroid dienone is 2. The fraction of sp³-hybridized carbons (Fsp3) is 0.652. The van der Waals surface area contributed by atoms with Crippen LogP contribution in [0.25, 0.3) is 5.57 Å². The Labute approximate surface area is 170 Å². The number of nitrogens with one attached hydrogen (secondary N) is 1. The van der Waals surface area contributed by atoms with Gasteiger partial charge in [0, 0.05) is 30.1 Å². The molecule has 0 spiro atoms. The van der Waals surface area contributed by atoms with Gasteiger partial charge in [0.15, 0.2) is 0 Å². The van der Waals surface area contributed by atoms with Crippen LogP contribution in [0.4, 0.5) is 5.69 Å². The smallest absolute Gasteiger partial charge is 0.148 e. The Hall–Kier alpha value is -1.33. The average Bonchev–Trinajstić information content (AvgIpc) is 2.62. The highest BCUT2D eigenvalue weighted by Gasteiger charge is 2.25. The predicted molar refractivity (Wildman–Crippen MR) is 119 cm³/mol. The number of sulfone groups is 1. The van der Waals surface area contributed by atoms with E-state index in [4.69, 9.17) is 5.73 Å². The SMILES string of the molecule is CC1(C)CC=C(c2cc(C3CCC(NCCS(C)(=O)=O)CC3)ccc2N)CC1. The maximum atomic E-state index is 11.3. The van der Waals surface area contributed by atoms with E-state index in [1.165, 1.54) is 29.4 Å². The summed E-state index contributed by atoms with van der Waals surface area (Å²) in [4.78, 5) is 0. The molecule has 0 unspecified atom stereocenters. The second-order valence-corrected chi connectivity index (χ2v) is 11.8. The minimum absolute atomic E-state index is 0.222. The van der Waals surface area contributed by atoms with Gasteiger partial charge in [0.05, 0.1) is 5.75 Å². The number of anilines is 1. The first-order valence-electron chi connectivity index (χ1n) is 10.6. The maximum absolute atomic E-state index is 11.3. The summed E-state index contributed by atoms with van der Waals surface area (Å²) in [6, 6.07) is 7.06. The molecule has 0 radical (unpaired) electrons. The molecule has 1 aromatic carbocycles. The van der Waals surface area contributed by atoms with Gasteiger partial charge in [0.1, 0.15) is 9.84 Å². The van der Waals surface area contributed by atoms with Crippen molar-refractivity contribution in [3.63, 3.8) is 0 Å². The van der Waals surface area contributed by atoms with Gasteiger partial charge in [0.2, 0.25) is 0 Å². The van der Waals surface area contributed by atoms with Gasteiger partial charge in [-0.1, -0.05) is 26.0 Å². The van der Waals surface area contributed by atoms with Crippen molar-refractivity contribution in [2.75, 3.05) is 24.3 Å². The van der Waals surface area contributed by atoms with Crippen LogP contribution < -0.4 is 11.1 Å². The summed E-state index contributed by atoms with van der Waals surface area (Å²) in [5.41, 5.74) is 11.7. The quantitative estimate of drug-likeness (QED) is 0.684. The molecule has 28 heavy (non-hydrogen) atoms. The van der Waals surface area contributed by atoms with Crippen molar-refractivity contribution >= 4 is 21.1 Å². The molecule has 0 saturated heterocycles. The molecular formula is C23H36N2O2S. The zero-order valence-electron chi connectivity index (χ0n) is 17.6. The summed E-state index contributed by atoms with van der Waals surface area (Å²) < 4.78 is 22.6. The van der Waals surface area contributed by atoms with Gasteiger partial charge in [-0.15, -0.1) is 0 Å². The molecule has 0 amide bonds. The van der Waals surface area contributed by atoms with E-state index in [0.717, 1.165) is 44.2 Å². The third-order valence-electron chi connectivity index (χ3n) is 6.50. The second kappa shape index (κ2) is 8.58. The Kier molecular flexibility index (Phi) is 6.55. The van der Waals surface area contributed by atoms with Crippen molar-refractivity contribution in [2.45, 2.75) is 70.8 Å². The molecule has 156 valence electrons. The van der Waals surface area contributed by atoms with Gasteiger partial charge in [-0.3, -0.25) is 0 Å². The van der Waals surface area contributed by atoms with Crippen LogP contribution in [0.3, 0.4) is 0 Å². The molecule has 5 heteroatoms. The minimum atomic E-state index is -2.89. The summed E-state index contributed by atoms with van der Waals surface area (Å²) in [6.45, 7) is 5.23. The van der Waals surface area contributed by atoms with Crippen molar-refractivity contribution in [3.05, 3.63) is 35.4 Å². The lowest BCUT2D eigenvalue weighted by molar-refractivity contribution is 0.335. The van der Waals surface area contributed by atoms with E-state index in [1.807, 2.05) is 0 Å². The van der Waals surface area contributed by atoms with E-state index >= 15 is 0 Å². The van der Waals surface area contributed by atoms with Crippen LogP contribution in [0.1, 0.15) is 75.8 Å². The molecule has 1 fully saturated rings. The Bertz CT molecular complexity index is 819. The van der Waals surface area contributed by atoms with Gasteiger partial charge in [-0.2, -0.15) is 0 Å². The summed E-state index contributed by atoms with van der Waals surface area (Å²) >= 11 is 0. The molecule has 3 rings (SSSR count). The first kappa shape index (κ1) is 21.4. The van der Waals surface area contributed by atoms with Crippen molar-refractivity contribution in [2.24, 2.45) is 5.41 Å². The van der Waals surface area contributed by atoms with Crippen LogP contribution in [0.15, 0.2) is 24.3 Å². The Balaban J connectivity index is 1.60. The molecule has 0 aliphatic heterocycles. The zero-order valence-corrected chi connectivity index (χ0v) is 18.4. The molecule has 3 N–H and O–H groups in total. The highest BCUT2D eigenvalue weighted by atomic mass is 32.2. The van der Waals surface area contributed by atoms with E-state index in [-0.39, 0.29) is 5.75 Å². The van der Waals surface area contributed by atoms with Crippen LogP contribution in [-0.2, 0) is 9.84 Å². The molecule has 1 aromatic rings. The van der Waals surface area contributed by atoms with Crippen molar-refractivity contribution in [3.8, 4) is 0 Å². The lowest BCUT2D eigenvalue weighted by atomic mass is 9.76. The van der Waals surface area contributed by atoms with E-state index in [0.29, 0.717) is 23.9 Å². The van der Waals surface area contributed by atoms with Crippen molar-refractivity contribution in [1.82, 2.24) is 5.32 Å². The maximum Gasteiger partial charge on any atom is 0.148 e. The van der Waals surface area contributed by atoms with E-state index in [2.05, 4.69) is 43.4 Å². The lowest BCUT2D eigenvalue weighted by Gasteiger charge is -2.31. The molecule has 0 atom stereocenters. The Morgan fingerprint density at radius 1 is 1.18 bits per heavy atom. The van der Waals surface area contributed by atoms with Crippen LogP contribution in [0.5, 0.6) is 0 Å². The monoisotopic (exact) mass is 404 g/mol. The number of benzene rings is 1. The number of hydrogen-bond acceptors (Lipinski definition) is 4. The molecular weight excluding hydrogens is 368 g/mol. The largest absolute Gasteiger partial charge is 0.398 e. The van der Waals surface area contributed by atoms with Crippen molar-refractivity contribution in [1.29, 1.82) is 0 Å². The third-order valence-corrected chi connectivity index (χ3v) is 7.45. The topological polar surface area (TPSA) is 72.2 Å². The zero-order chi connectivity index (χ0) is 20.4. The third kappa shape index (κ3) is 5.84. The minimum Gasteiger partial charge on any atom is -0.398 e. The molecule has 1 saturated carbocycles. The van der Waals surface area contributed by atoms with Crippen LogP contribution in [-0.4, -0.2) is 33.0 Å². The summed E-state index contributed by atoms with van der Waals surface area (Å²) in [5.74, 6) is 0.799. The van der Waals surface area contributed by atoms with Crippen LogP contribution >= 0.6 is 0 Å². The first-order chi connectivity index (χ1) is 13.1. The average molecular weight is 405 g/mol. The highest BCUT2D eigenvalue weighted by Crippen LogP contribution is 2.41. The number of rotatable bonds is 6. The van der Waals surface area contributed by atoms with E-state index in [1.54, 1.807) is 0 Å². The standard InChI is InChI=1S/C23H36N2O2S/c1-23(2)12-10-18(11-13-23)21-16-19(6-9-22(21)24)17-4-7-20(8-5-17)25-14-15-28(3,26)27/h6,9-10,16-17,20,25H,4-5,7-8,11-15,24H2,1-3H3. The molecule has 0 bridgehead atoms. The molecule has 4 nitrogen and oxygen atoms in total. The number of nitrogens with two attached hydrogens (primary N) is 1. The normalized spacial score (nSPS) is 25.3. The number of hydrogen-bond donors (Lipinski definition) is 2. The lowest BCUT2D eigenvalue weighted by Crippen LogP contribution is -2.35. The van der Waals surface area contributed by atoms with Crippen molar-refractivity contribution < 1.29 is 8.42 Å². The predicted octanol–water partition coefficient (Wildman–Crippen LogP) is 4.52. The van der Waals surface area contributed by atoms with E-state index < -0.39 is 9.84 Å². The Morgan fingerprint density at radius 3 is 2.50 bits per heavy atom. The summed E-state index contributed by atoms with van der Waals surface area (Å²) in [5, 5.41) is 3.42. The second-order valence-electron chi connectivity index (χ2n) is 9.58. The molecule has 0 aromatic heterocycles. The van der Waals surface area contributed by atoms with Gasteiger partial charge in [-0.05, 0) is 79.5 Å². The van der Waals surface area contributed by atoms with Crippen LogP contribution in [0.2, 0.25) is 0 Å².